The average molecular weight is 398 g/mol. The fraction of sp³-hybridized carbons (Fsp3) is 0. The maximum Gasteiger partial charge on any atom is 0.263 e. The summed E-state index contributed by atoms with van der Waals surface area (Å²) in [7, 11) is -4.21. The zero-order valence-corrected chi connectivity index (χ0v) is 13.4. The van der Waals surface area contributed by atoms with Crippen molar-refractivity contribution in [2.45, 2.75) is 4.90 Å². The van der Waals surface area contributed by atoms with E-state index in [0.717, 1.165) is 12.1 Å². The highest BCUT2D eigenvalue weighted by atomic mass is 79.9. The van der Waals surface area contributed by atoms with Crippen LogP contribution in [0.2, 0.25) is 5.02 Å². The summed E-state index contributed by atoms with van der Waals surface area (Å²) in [5.41, 5.74) is 4.56. The fourth-order valence-corrected chi connectivity index (χ4v) is 3.68. The van der Waals surface area contributed by atoms with Crippen LogP contribution in [0.3, 0.4) is 0 Å². The Morgan fingerprint density at radius 3 is 2.48 bits per heavy atom. The lowest BCUT2D eigenvalue weighted by Crippen LogP contribution is -2.16. The highest BCUT2D eigenvalue weighted by Crippen LogP contribution is 2.30. The van der Waals surface area contributed by atoms with Crippen LogP contribution in [-0.4, -0.2) is 8.42 Å². The minimum atomic E-state index is -4.21. The number of sulfonamides is 1. The van der Waals surface area contributed by atoms with Crippen molar-refractivity contribution in [1.29, 1.82) is 0 Å². The molecule has 4 nitrogen and oxygen atoms in total. The molecule has 21 heavy (non-hydrogen) atoms. The van der Waals surface area contributed by atoms with E-state index >= 15 is 0 Å². The molecule has 2 aromatic carbocycles. The lowest BCUT2D eigenvalue weighted by atomic mass is 10.2. The number of rotatable bonds is 3. The molecule has 2 rings (SSSR count). The van der Waals surface area contributed by atoms with Crippen LogP contribution in [0, 0.1) is 11.6 Å². The van der Waals surface area contributed by atoms with Gasteiger partial charge in [-0.2, -0.15) is 0 Å². The number of benzene rings is 2. The van der Waals surface area contributed by atoms with Gasteiger partial charge in [-0.1, -0.05) is 27.5 Å². The first-order valence-corrected chi connectivity index (χ1v) is 8.09. The van der Waals surface area contributed by atoms with Gasteiger partial charge in [0.05, 0.1) is 10.7 Å². The summed E-state index contributed by atoms with van der Waals surface area (Å²) in [5, 5.41) is -0.0766. The summed E-state index contributed by atoms with van der Waals surface area (Å²) in [6.45, 7) is 0. The van der Waals surface area contributed by atoms with Crippen LogP contribution < -0.4 is 10.5 Å². The normalized spacial score (nSPS) is 11.4. The Bertz CT molecular complexity index is 815. The molecular formula is C12H8BrClF2N2O2S. The molecule has 3 N–H and O–H groups in total. The smallest absolute Gasteiger partial charge is 0.263 e. The van der Waals surface area contributed by atoms with Gasteiger partial charge in [0.1, 0.15) is 10.6 Å². The van der Waals surface area contributed by atoms with Crippen LogP contribution in [0.1, 0.15) is 0 Å². The number of halogens is 4. The van der Waals surface area contributed by atoms with Crippen LogP contribution in [0.4, 0.5) is 20.2 Å². The van der Waals surface area contributed by atoms with E-state index in [-0.39, 0.29) is 15.6 Å². The highest BCUT2D eigenvalue weighted by molar-refractivity contribution is 9.10. The van der Waals surface area contributed by atoms with Gasteiger partial charge in [0.25, 0.3) is 10.0 Å². The molecule has 2 aromatic rings. The average Bonchev–Trinajstić information content (AvgIpc) is 2.39. The van der Waals surface area contributed by atoms with E-state index in [1.807, 2.05) is 4.72 Å². The second kappa shape index (κ2) is 5.78. The van der Waals surface area contributed by atoms with Gasteiger partial charge in [0, 0.05) is 4.47 Å². The van der Waals surface area contributed by atoms with Crippen LogP contribution in [0.5, 0.6) is 0 Å². The lowest BCUT2D eigenvalue weighted by Gasteiger charge is -2.12. The molecule has 0 amide bonds. The Hall–Kier alpha value is -1.38. The third-order valence-corrected chi connectivity index (χ3v) is 4.87. The number of nitrogens with one attached hydrogen (secondary N) is 1. The Kier molecular flexibility index (Phi) is 4.40. The van der Waals surface area contributed by atoms with Crippen molar-refractivity contribution in [3.8, 4) is 0 Å². The van der Waals surface area contributed by atoms with E-state index in [9.17, 15) is 17.2 Å². The minimum absolute atomic E-state index is 0.0766. The summed E-state index contributed by atoms with van der Waals surface area (Å²) < 4.78 is 53.7. The van der Waals surface area contributed by atoms with Gasteiger partial charge in [-0.3, -0.25) is 4.72 Å². The third-order valence-electron chi connectivity index (χ3n) is 2.55. The highest BCUT2D eigenvalue weighted by Gasteiger charge is 2.22. The van der Waals surface area contributed by atoms with Gasteiger partial charge in [-0.05, 0) is 30.3 Å². The van der Waals surface area contributed by atoms with Crippen LogP contribution in [0.15, 0.2) is 39.7 Å². The van der Waals surface area contributed by atoms with Crippen molar-refractivity contribution >= 4 is 48.9 Å². The second-order valence-corrected chi connectivity index (χ2v) is 6.98. The number of hydrogen-bond acceptors (Lipinski definition) is 3. The number of nitrogens with two attached hydrogens (primary N) is 1. The van der Waals surface area contributed by atoms with Gasteiger partial charge < -0.3 is 5.73 Å². The molecule has 0 aliphatic rings. The van der Waals surface area contributed by atoms with Crippen molar-refractivity contribution in [2.24, 2.45) is 0 Å². The summed E-state index contributed by atoms with van der Waals surface area (Å²) >= 11 is 8.98. The van der Waals surface area contributed by atoms with Crippen molar-refractivity contribution in [2.75, 3.05) is 10.5 Å². The summed E-state index contributed by atoms with van der Waals surface area (Å²) in [4.78, 5) is -0.282. The van der Waals surface area contributed by atoms with Crippen molar-refractivity contribution in [3.63, 3.8) is 0 Å². The molecule has 9 heteroatoms. The lowest BCUT2D eigenvalue weighted by molar-refractivity contribution is 0.512. The minimum Gasteiger partial charge on any atom is -0.397 e. The Morgan fingerprint density at radius 1 is 1.19 bits per heavy atom. The van der Waals surface area contributed by atoms with Crippen LogP contribution >= 0.6 is 27.5 Å². The van der Waals surface area contributed by atoms with E-state index in [0.29, 0.717) is 4.47 Å². The molecule has 0 heterocycles. The van der Waals surface area contributed by atoms with E-state index in [4.69, 9.17) is 17.3 Å². The molecule has 0 radical (unpaired) electrons. The molecule has 112 valence electrons. The first-order chi connectivity index (χ1) is 9.72. The van der Waals surface area contributed by atoms with Gasteiger partial charge in [-0.15, -0.1) is 0 Å². The predicted octanol–water partition coefficient (Wildman–Crippen LogP) is 3.76. The predicted molar refractivity (Wildman–Crippen MR) is 80.7 cm³/mol. The van der Waals surface area contributed by atoms with Crippen molar-refractivity contribution in [3.05, 3.63) is 51.5 Å². The molecular weight excluding hydrogens is 390 g/mol. The van der Waals surface area contributed by atoms with Gasteiger partial charge in [-0.25, -0.2) is 17.2 Å². The molecule has 0 unspecified atom stereocenters. The topological polar surface area (TPSA) is 72.2 Å². The van der Waals surface area contributed by atoms with Gasteiger partial charge in [0.15, 0.2) is 11.6 Å². The monoisotopic (exact) mass is 396 g/mol. The Morgan fingerprint density at radius 2 is 1.86 bits per heavy atom. The van der Waals surface area contributed by atoms with Crippen LogP contribution in [-0.2, 0) is 10.0 Å². The standard InChI is InChI=1S/C12H8BrClF2N2O2S/c13-6-1-4-10(7(14)5-6)21(19,20)18-12-9(17)3-2-8(15)11(12)16/h1-5,18H,17H2. The maximum absolute atomic E-state index is 13.7. The Labute approximate surface area is 133 Å². The zero-order chi connectivity index (χ0) is 15.8. The maximum atomic E-state index is 13.7. The van der Waals surface area contributed by atoms with Crippen molar-refractivity contribution < 1.29 is 17.2 Å². The largest absolute Gasteiger partial charge is 0.397 e. The van der Waals surface area contributed by atoms with E-state index in [2.05, 4.69) is 15.9 Å². The van der Waals surface area contributed by atoms with Crippen molar-refractivity contribution in [1.82, 2.24) is 0 Å². The van der Waals surface area contributed by atoms with Crippen LogP contribution in [0.25, 0.3) is 0 Å². The van der Waals surface area contributed by atoms with E-state index in [1.54, 1.807) is 0 Å². The molecule has 0 saturated heterocycles. The summed E-state index contributed by atoms with van der Waals surface area (Å²) in [6, 6.07) is 5.89. The molecule has 0 spiro atoms. The third kappa shape index (κ3) is 3.28. The van der Waals surface area contributed by atoms with Gasteiger partial charge >= 0.3 is 0 Å². The number of nitrogen functional groups attached to an aromatic ring is 1. The quantitative estimate of drug-likeness (QED) is 0.775. The molecule has 0 bridgehead atoms. The number of anilines is 2. The zero-order valence-electron chi connectivity index (χ0n) is 10.2. The summed E-state index contributed by atoms with van der Waals surface area (Å²) in [5.74, 6) is -2.60. The van der Waals surface area contributed by atoms with E-state index < -0.39 is 27.3 Å². The first-order valence-electron chi connectivity index (χ1n) is 5.43. The Balaban J connectivity index is 2.50. The fourth-order valence-electron chi connectivity index (χ4n) is 1.55. The molecule has 0 aromatic heterocycles. The first kappa shape index (κ1) is 16.0. The molecule has 0 saturated carbocycles. The molecule has 0 atom stereocenters. The summed E-state index contributed by atoms with van der Waals surface area (Å²) in [6.07, 6.45) is 0. The molecule has 0 aliphatic heterocycles. The molecule has 0 fully saturated rings. The van der Waals surface area contributed by atoms with E-state index in [1.165, 1.54) is 18.2 Å². The SMILES string of the molecule is Nc1ccc(F)c(F)c1NS(=O)(=O)c1ccc(Br)cc1Cl. The molecule has 0 aliphatic carbocycles. The second-order valence-electron chi connectivity index (χ2n) is 4.01. The number of hydrogen-bond donors (Lipinski definition) is 2. The van der Waals surface area contributed by atoms with Gasteiger partial charge in [0.2, 0.25) is 0 Å².